The molecule has 3 rings (SSSR count). The first-order chi connectivity index (χ1) is 12.5. The number of ether oxygens (including phenoxy) is 1. The monoisotopic (exact) mass is 392 g/mol. The van der Waals surface area contributed by atoms with E-state index < -0.39 is 0 Å². The van der Waals surface area contributed by atoms with Crippen LogP contribution >= 0.6 is 23.2 Å². The number of halogens is 2. The lowest BCUT2D eigenvalue weighted by atomic mass is 10.1. The smallest absolute Gasteiger partial charge is 0.274 e. The Balaban J connectivity index is 1.77. The van der Waals surface area contributed by atoms with Gasteiger partial charge in [0.25, 0.3) is 5.89 Å². The highest BCUT2D eigenvalue weighted by Gasteiger charge is 2.23. The zero-order valence-corrected chi connectivity index (χ0v) is 16.3. The van der Waals surface area contributed by atoms with Crippen molar-refractivity contribution in [3.05, 3.63) is 64.0 Å². The molecule has 1 N–H and O–H groups in total. The minimum Gasteiger partial charge on any atom is -0.496 e. The fraction of sp³-hybridized carbons (Fsp3) is 0.263. The molecule has 0 saturated carbocycles. The van der Waals surface area contributed by atoms with Crippen LogP contribution < -0.4 is 9.64 Å². The highest BCUT2D eigenvalue weighted by Crippen LogP contribution is 2.24. The van der Waals surface area contributed by atoms with Gasteiger partial charge in [-0.1, -0.05) is 29.3 Å². The maximum absolute atomic E-state index is 6.12. The van der Waals surface area contributed by atoms with Gasteiger partial charge in [-0.3, -0.25) is 0 Å². The van der Waals surface area contributed by atoms with Crippen LogP contribution in [0.4, 0.5) is 0 Å². The number of aromatic nitrogens is 2. The van der Waals surface area contributed by atoms with E-state index in [0.717, 1.165) is 16.9 Å². The summed E-state index contributed by atoms with van der Waals surface area (Å²) >= 11 is 12.2. The number of nitrogens with zero attached hydrogens (tertiary/aromatic N) is 2. The normalized spacial score (nSPS) is 13.4. The van der Waals surface area contributed by atoms with E-state index in [1.807, 2.05) is 37.3 Å². The topological polar surface area (TPSA) is 52.6 Å². The molecular formula is C19H20Cl2N3O2+. The first-order valence-corrected chi connectivity index (χ1v) is 8.97. The molecule has 1 unspecified atom stereocenters. The first-order valence-electron chi connectivity index (χ1n) is 8.22. The van der Waals surface area contributed by atoms with Gasteiger partial charge >= 0.3 is 0 Å². The molecule has 2 aromatic carbocycles. The van der Waals surface area contributed by atoms with Crippen molar-refractivity contribution in [1.82, 2.24) is 10.2 Å². The molecule has 136 valence electrons. The summed E-state index contributed by atoms with van der Waals surface area (Å²) < 4.78 is 11.3. The zero-order chi connectivity index (χ0) is 18.7. The van der Waals surface area contributed by atoms with Crippen LogP contribution in [0.3, 0.4) is 0 Å². The van der Waals surface area contributed by atoms with Gasteiger partial charge in [0, 0.05) is 21.2 Å². The van der Waals surface area contributed by atoms with Gasteiger partial charge in [-0.2, -0.15) is 0 Å². The zero-order valence-electron chi connectivity index (χ0n) is 14.8. The van der Waals surface area contributed by atoms with Crippen LogP contribution in [-0.2, 0) is 6.54 Å². The van der Waals surface area contributed by atoms with Crippen molar-refractivity contribution in [3.8, 4) is 17.2 Å². The Morgan fingerprint density at radius 2 is 1.88 bits per heavy atom. The molecule has 1 heterocycles. The van der Waals surface area contributed by atoms with Crippen molar-refractivity contribution >= 4 is 23.2 Å². The molecule has 5 nitrogen and oxygen atoms in total. The summed E-state index contributed by atoms with van der Waals surface area (Å²) in [6.07, 6.45) is 0. The fourth-order valence-electron chi connectivity index (χ4n) is 2.70. The van der Waals surface area contributed by atoms with E-state index >= 15 is 0 Å². The number of methoxy groups -OCH3 is 1. The highest BCUT2D eigenvalue weighted by atomic mass is 35.5. The van der Waals surface area contributed by atoms with Crippen molar-refractivity contribution in [3.63, 3.8) is 0 Å². The molecule has 1 aromatic heterocycles. The molecule has 0 radical (unpaired) electrons. The molecule has 0 aliphatic rings. The molecule has 0 saturated heterocycles. The van der Waals surface area contributed by atoms with E-state index in [0.29, 0.717) is 28.4 Å². The van der Waals surface area contributed by atoms with E-state index in [9.17, 15) is 0 Å². The second-order valence-corrected chi connectivity index (χ2v) is 7.03. The average molecular weight is 393 g/mol. The molecule has 0 aliphatic carbocycles. The number of nitrogens with one attached hydrogen (secondary N) is 1. The standard InChI is InChI=1S/C19H19Cl2N3O2/c1-12(24(2)11-14-10-16(21)7-8-17(14)25-3)18-22-23-19(26-18)13-5-4-6-15(20)9-13/h4-10,12H,11H2,1-3H3/p+1/t12-/m0/s1. The summed E-state index contributed by atoms with van der Waals surface area (Å²) in [5.74, 6) is 1.84. The van der Waals surface area contributed by atoms with Gasteiger partial charge in [0.1, 0.15) is 12.3 Å². The molecule has 0 spiro atoms. The maximum atomic E-state index is 6.12. The predicted octanol–water partition coefficient (Wildman–Crippen LogP) is 3.83. The molecule has 0 fully saturated rings. The lowest BCUT2D eigenvalue weighted by Gasteiger charge is -2.20. The molecule has 0 bridgehead atoms. The van der Waals surface area contributed by atoms with Crippen LogP contribution in [-0.4, -0.2) is 24.4 Å². The van der Waals surface area contributed by atoms with E-state index in [-0.39, 0.29) is 6.04 Å². The van der Waals surface area contributed by atoms with Gasteiger partial charge in [-0.05, 0) is 43.3 Å². The van der Waals surface area contributed by atoms with Crippen LogP contribution in [0, 0.1) is 0 Å². The average Bonchev–Trinajstić information content (AvgIpc) is 3.11. The molecule has 3 aromatic rings. The van der Waals surface area contributed by atoms with Crippen LogP contribution in [0.1, 0.15) is 24.4 Å². The molecule has 26 heavy (non-hydrogen) atoms. The summed E-state index contributed by atoms with van der Waals surface area (Å²) in [6, 6.07) is 13.0. The Morgan fingerprint density at radius 1 is 1.12 bits per heavy atom. The first kappa shape index (κ1) is 18.7. The van der Waals surface area contributed by atoms with E-state index in [1.165, 1.54) is 4.90 Å². The predicted molar refractivity (Wildman–Crippen MR) is 102 cm³/mol. The fourth-order valence-corrected chi connectivity index (χ4v) is 3.08. The van der Waals surface area contributed by atoms with E-state index in [1.54, 1.807) is 19.2 Å². The maximum Gasteiger partial charge on any atom is 0.274 e. The van der Waals surface area contributed by atoms with Crippen LogP contribution in [0.15, 0.2) is 46.9 Å². The second-order valence-electron chi connectivity index (χ2n) is 6.16. The van der Waals surface area contributed by atoms with Gasteiger partial charge in [0.05, 0.1) is 14.2 Å². The molecular weight excluding hydrogens is 373 g/mol. The number of hydrogen-bond donors (Lipinski definition) is 1. The Hall–Kier alpha value is -2.08. The molecule has 0 aliphatic heterocycles. The van der Waals surface area contributed by atoms with Gasteiger partial charge in [-0.25, -0.2) is 0 Å². The van der Waals surface area contributed by atoms with Gasteiger partial charge in [0.15, 0.2) is 6.04 Å². The lowest BCUT2D eigenvalue weighted by Crippen LogP contribution is -3.07. The Bertz CT molecular complexity index is 898. The third-order valence-corrected chi connectivity index (χ3v) is 4.80. The van der Waals surface area contributed by atoms with Gasteiger partial charge < -0.3 is 14.1 Å². The van der Waals surface area contributed by atoms with Crippen molar-refractivity contribution < 1.29 is 14.1 Å². The quantitative estimate of drug-likeness (QED) is 0.692. The van der Waals surface area contributed by atoms with Crippen molar-refractivity contribution in [2.24, 2.45) is 0 Å². The Morgan fingerprint density at radius 3 is 2.62 bits per heavy atom. The minimum atomic E-state index is -0.000813. The SMILES string of the molecule is COc1ccc(Cl)cc1C[NH+](C)[C@@H](C)c1nnc(-c2cccc(Cl)c2)o1. The van der Waals surface area contributed by atoms with Crippen LogP contribution in [0.5, 0.6) is 5.75 Å². The Kier molecular flexibility index (Phi) is 5.81. The number of rotatable bonds is 6. The number of hydrogen-bond acceptors (Lipinski definition) is 4. The molecule has 2 atom stereocenters. The van der Waals surface area contributed by atoms with Crippen molar-refractivity contribution in [2.75, 3.05) is 14.2 Å². The van der Waals surface area contributed by atoms with Crippen LogP contribution in [0.2, 0.25) is 10.0 Å². The molecule has 0 amide bonds. The van der Waals surface area contributed by atoms with Gasteiger partial charge in [0.2, 0.25) is 5.89 Å². The second kappa shape index (κ2) is 8.08. The third kappa shape index (κ3) is 4.18. The summed E-state index contributed by atoms with van der Waals surface area (Å²) in [4.78, 5) is 1.17. The van der Waals surface area contributed by atoms with Gasteiger partial charge in [-0.15, -0.1) is 10.2 Å². The minimum absolute atomic E-state index is 0.000813. The molecule has 7 heteroatoms. The summed E-state index contributed by atoms with van der Waals surface area (Å²) in [5.41, 5.74) is 1.83. The number of quaternary nitrogens is 1. The summed E-state index contributed by atoms with van der Waals surface area (Å²) in [7, 11) is 3.72. The Labute approximate surface area is 162 Å². The third-order valence-electron chi connectivity index (χ3n) is 4.33. The summed E-state index contributed by atoms with van der Waals surface area (Å²) in [5, 5.41) is 9.67. The lowest BCUT2D eigenvalue weighted by molar-refractivity contribution is -0.925. The number of benzene rings is 2. The summed E-state index contributed by atoms with van der Waals surface area (Å²) in [6.45, 7) is 2.75. The van der Waals surface area contributed by atoms with Crippen molar-refractivity contribution in [2.45, 2.75) is 19.5 Å². The van der Waals surface area contributed by atoms with Crippen molar-refractivity contribution in [1.29, 1.82) is 0 Å². The van der Waals surface area contributed by atoms with E-state index in [2.05, 4.69) is 17.2 Å². The van der Waals surface area contributed by atoms with E-state index in [4.69, 9.17) is 32.4 Å². The highest BCUT2D eigenvalue weighted by molar-refractivity contribution is 6.31. The van der Waals surface area contributed by atoms with Crippen LogP contribution in [0.25, 0.3) is 11.5 Å². The largest absolute Gasteiger partial charge is 0.496 e.